The summed E-state index contributed by atoms with van der Waals surface area (Å²) in [5, 5.41) is 2.66. The van der Waals surface area contributed by atoms with Crippen LogP contribution in [0.1, 0.15) is 30.1 Å². The highest BCUT2D eigenvalue weighted by molar-refractivity contribution is 5.99. The molecule has 106 valence electrons. The number of amides is 2. The van der Waals surface area contributed by atoms with Gasteiger partial charge in [0, 0.05) is 24.3 Å². The van der Waals surface area contributed by atoms with Crippen LogP contribution in [0.25, 0.3) is 0 Å². The van der Waals surface area contributed by atoms with Gasteiger partial charge < -0.3 is 10.2 Å². The van der Waals surface area contributed by atoms with Crippen molar-refractivity contribution in [3.05, 3.63) is 42.5 Å². The fourth-order valence-electron chi connectivity index (χ4n) is 2.28. The van der Waals surface area contributed by atoms with E-state index in [9.17, 15) is 9.59 Å². The third-order valence-electron chi connectivity index (χ3n) is 3.66. The Balaban J connectivity index is 2.00. The molecule has 0 saturated carbocycles. The topological polar surface area (TPSA) is 49.4 Å². The molecule has 0 atom stereocenters. The number of hydrogen-bond acceptors (Lipinski definition) is 2. The van der Waals surface area contributed by atoms with E-state index in [1.54, 1.807) is 24.3 Å². The van der Waals surface area contributed by atoms with Gasteiger partial charge in [0.2, 0.25) is 5.91 Å². The van der Waals surface area contributed by atoms with E-state index in [0.717, 1.165) is 25.9 Å². The molecule has 4 nitrogen and oxygen atoms in total. The van der Waals surface area contributed by atoms with Crippen molar-refractivity contribution in [3.8, 4) is 0 Å². The molecule has 0 aliphatic carbocycles. The van der Waals surface area contributed by atoms with Crippen LogP contribution >= 0.6 is 0 Å². The van der Waals surface area contributed by atoms with Crippen LogP contribution in [-0.4, -0.2) is 29.8 Å². The molecule has 2 amide bonds. The normalized spacial score (nSPS) is 15.8. The molecule has 0 unspecified atom stereocenters. The van der Waals surface area contributed by atoms with Crippen molar-refractivity contribution >= 4 is 17.5 Å². The standard InChI is InChI=1S/C16H20N2O2/c1-3-15(19)17-14-6-4-13(5-7-14)16(20)18-10-8-12(2)9-11-18/h3-7,12H,1,8-11H2,2H3,(H,17,19). The summed E-state index contributed by atoms with van der Waals surface area (Å²) in [5.41, 5.74) is 1.33. The molecule has 20 heavy (non-hydrogen) atoms. The molecule has 1 aromatic rings. The summed E-state index contributed by atoms with van der Waals surface area (Å²) in [4.78, 5) is 25.4. The highest BCUT2D eigenvalue weighted by Gasteiger charge is 2.21. The molecular formula is C16H20N2O2. The largest absolute Gasteiger partial charge is 0.339 e. The van der Waals surface area contributed by atoms with Crippen LogP contribution in [0.3, 0.4) is 0 Å². The van der Waals surface area contributed by atoms with Gasteiger partial charge in [-0.15, -0.1) is 0 Å². The number of likely N-dealkylation sites (tertiary alicyclic amines) is 1. The lowest BCUT2D eigenvalue weighted by Crippen LogP contribution is -2.37. The SMILES string of the molecule is C=CC(=O)Nc1ccc(C(=O)N2CCC(C)CC2)cc1. The Hall–Kier alpha value is -2.10. The number of benzene rings is 1. The first-order valence-electron chi connectivity index (χ1n) is 6.93. The van der Waals surface area contributed by atoms with E-state index in [0.29, 0.717) is 17.2 Å². The summed E-state index contributed by atoms with van der Waals surface area (Å²) in [6, 6.07) is 6.97. The van der Waals surface area contributed by atoms with Crippen LogP contribution in [0, 0.1) is 5.92 Å². The first-order valence-corrected chi connectivity index (χ1v) is 6.93. The number of nitrogens with one attached hydrogen (secondary N) is 1. The fourth-order valence-corrected chi connectivity index (χ4v) is 2.28. The van der Waals surface area contributed by atoms with Gasteiger partial charge in [-0.1, -0.05) is 13.5 Å². The molecule has 1 aliphatic rings. The van der Waals surface area contributed by atoms with Crippen molar-refractivity contribution in [3.63, 3.8) is 0 Å². The van der Waals surface area contributed by atoms with Crippen LogP contribution in [0.2, 0.25) is 0 Å². The maximum absolute atomic E-state index is 12.3. The van der Waals surface area contributed by atoms with Crippen LogP contribution in [0.4, 0.5) is 5.69 Å². The predicted octanol–water partition coefficient (Wildman–Crippen LogP) is 2.68. The van der Waals surface area contributed by atoms with Crippen molar-refractivity contribution in [2.75, 3.05) is 18.4 Å². The zero-order valence-corrected chi connectivity index (χ0v) is 11.8. The van der Waals surface area contributed by atoms with E-state index in [-0.39, 0.29) is 11.8 Å². The Morgan fingerprint density at radius 2 is 1.85 bits per heavy atom. The van der Waals surface area contributed by atoms with Crippen molar-refractivity contribution in [1.29, 1.82) is 0 Å². The van der Waals surface area contributed by atoms with Gasteiger partial charge in [0.1, 0.15) is 0 Å². The van der Waals surface area contributed by atoms with E-state index in [1.165, 1.54) is 6.08 Å². The zero-order chi connectivity index (χ0) is 14.5. The summed E-state index contributed by atoms with van der Waals surface area (Å²) < 4.78 is 0. The predicted molar refractivity (Wildman–Crippen MR) is 79.6 cm³/mol. The number of rotatable bonds is 3. The number of piperidine rings is 1. The third kappa shape index (κ3) is 3.47. The zero-order valence-electron chi connectivity index (χ0n) is 11.8. The molecule has 4 heteroatoms. The summed E-state index contributed by atoms with van der Waals surface area (Å²) >= 11 is 0. The molecule has 0 spiro atoms. The van der Waals surface area contributed by atoms with Gasteiger partial charge in [-0.25, -0.2) is 0 Å². The summed E-state index contributed by atoms with van der Waals surface area (Å²) in [6.45, 7) is 7.27. The highest BCUT2D eigenvalue weighted by atomic mass is 16.2. The van der Waals surface area contributed by atoms with E-state index >= 15 is 0 Å². The van der Waals surface area contributed by atoms with E-state index < -0.39 is 0 Å². The molecule has 1 aromatic carbocycles. The Bertz CT molecular complexity index is 500. The maximum atomic E-state index is 12.3. The molecule has 0 bridgehead atoms. The number of carbonyl (C=O) groups is 2. The Labute approximate surface area is 119 Å². The van der Waals surface area contributed by atoms with E-state index in [2.05, 4.69) is 18.8 Å². The molecule has 0 aromatic heterocycles. The lowest BCUT2D eigenvalue weighted by molar-refractivity contribution is -0.111. The van der Waals surface area contributed by atoms with Crippen LogP contribution in [0.5, 0.6) is 0 Å². The van der Waals surface area contributed by atoms with Gasteiger partial charge in [0.05, 0.1) is 0 Å². The number of carbonyl (C=O) groups excluding carboxylic acids is 2. The first-order chi connectivity index (χ1) is 9.60. The van der Waals surface area contributed by atoms with Crippen LogP contribution in [0.15, 0.2) is 36.9 Å². The quantitative estimate of drug-likeness (QED) is 0.860. The Morgan fingerprint density at radius 3 is 2.40 bits per heavy atom. The lowest BCUT2D eigenvalue weighted by Gasteiger charge is -2.30. The summed E-state index contributed by atoms with van der Waals surface area (Å²) in [6.07, 6.45) is 3.35. The van der Waals surface area contributed by atoms with Crippen molar-refractivity contribution in [2.24, 2.45) is 5.92 Å². The van der Waals surface area contributed by atoms with Crippen molar-refractivity contribution in [2.45, 2.75) is 19.8 Å². The maximum Gasteiger partial charge on any atom is 0.253 e. The fraction of sp³-hybridized carbons (Fsp3) is 0.375. The Kier molecular flexibility index (Phi) is 4.56. The summed E-state index contributed by atoms with van der Waals surface area (Å²) in [5.74, 6) is 0.517. The molecule has 1 fully saturated rings. The lowest BCUT2D eigenvalue weighted by atomic mass is 9.98. The Morgan fingerprint density at radius 1 is 1.25 bits per heavy atom. The van der Waals surface area contributed by atoms with Crippen molar-refractivity contribution < 1.29 is 9.59 Å². The van der Waals surface area contributed by atoms with Gasteiger partial charge in [-0.3, -0.25) is 9.59 Å². The molecule has 1 heterocycles. The number of hydrogen-bond donors (Lipinski definition) is 1. The summed E-state index contributed by atoms with van der Waals surface area (Å²) in [7, 11) is 0. The highest BCUT2D eigenvalue weighted by Crippen LogP contribution is 2.19. The smallest absolute Gasteiger partial charge is 0.253 e. The average molecular weight is 272 g/mol. The third-order valence-corrected chi connectivity index (χ3v) is 3.66. The van der Waals surface area contributed by atoms with Crippen LogP contribution < -0.4 is 5.32 Å². The van der Waals surface area contributed by atoms with Crippen molar-refractivity contribution in [1.82, 2.24) is 4.90 Å². The minimum atomic E-state index is -0.255. The number of nitrogens with zero attached hydrogens (tertiary/aromatic N) is 1. The second-order valence-electron chi connectivity index (χ2n) is 5.25. The molecule has 1 saturated heterocycles. The van der Waals surface area contributed by atoms with Gasteiger partial charge in [0.15, 0.2) is 0 Å². The average Bonchev–Trinajstić information content (AvgIpc) is 2.48. The molecule has 1 aliphatic heterocycles. The molecule has 0 radical (unpaired) electrons. The molecule has 1 N–H and O–H groups in total. The molecular weight excluding hydrogens is 252 g/mol. The van der Waals surface area contributed by atoms with Crippen LogP contribution in [-0.2, 0) is 4.79 Å². The second-order valence-corrected chi connectivity index (χ2v) is 5.25. The second kappa shape index (κ2) is 6.37. The number of anilines is 1. The monoisotopic (exact) mass is 272 g/mol. The molecule has 2 rings (SSSR count). The first kappa shape index (κ1) is 14.3. The van der Waals surface area contributed by atoms with Gasteiger partial charge in [0.25, 0.3) is 5.91 Å². The minimum absolute atomic E-state index is 0.0681. The van der Waals surface area contributed by atoms with Gasteiger partial charge in [-0.05, 0) is 49.1 Å². The van der Waals surface area contributed by atoms with E-state index in [4.69, 9.17) is 0 Å². The van der Waals surface area contributed by atoms with Gasteiger partial charge in [-0.2, -0.15) is 0 Å². The van der Waals surface area contributed by atoms with E-state index in [1.807, 2.05) is 4.90 Å². The minimum Gasteiger partial charge on any atom is -0.339 e. The van der Waals surface area contributed by atoms with Gasteiger partial charge >= 0.3 is 0 Å².